The maximum atomic E-state index is 12.1. The van der Waals surface area contributed by atoms with Crippen LogP contribution in [0.1, 0.15) is 37.7 Å². The molecule has 5 heteroatoms. The van der Waals surface area contributed by atoms with Gasteiger partial charge in [0.15, 0.2) is 0 Å². The Morgan fingerprint density at radius 2 is 2.09 bits per heavy atom. The topological polar surface area (TPSA) is 64.9 Å². The van der Waals surface area contributed by atoms with Gasteiger partial charge in [0.2, 0.25) is 0 Å². The molecule has 0 aliphatic heterocycles. The third-order valence-corrected chi connectivity index (χ3v) is 4.35. The van der Waals surface area contributed by atoms with E-state index in [2.05, 4.69) is 10.6 Å². The highest BCUT2D eigenvalue weighted by Crippen LogP contribution is 2.23. The van der Waals surface area contributed by atoms with E-state index in [1.54, 1.807) is 6.07 Å². The number of halogens is 1. The van der Waals surface area contributed by atoms with Crippen LogP contribution >= 0.6 is 11.6 Å². The van der Waals surface area contributed by atoms with Gasteiger partial charge in [-0.3, -0.25) is 4.79 Å². The maximum Gasteiger partial charge on any atom is 0.263 e. The van der Waals surface area contributed by atoms with Gasteiger partial charge in [-0.05, 0) is 37.5 Å². The Morgan fingerprint density at radius 3 is 2.77 bits per heavy atom. The molecule has 1 aliphatic rings. The monoisotopic (exact) mass is 317 g/mol. The predicted molar refractivity (Wildman–Crippen MR) is 88.5 cm³/mol. The van der Waals surface area contributed by atoms with Crippen molar-refractivity contribution in [3.63, 3.8) is 0 Å². The fourth-order valence-electron chi connectivity index (χ4n) is 2.57. The summed E-state index contributed by atoms with van der Waals surface area (Å²) in [6, 6.07) is 7.61. The molecule has 1 aliphatic carbocycles. The van der Waals surface area contributed by atoms with E-state index in [9.17, 15) is 10.1 Å². The molecule has 0 spiro atoms. The van der Waals surface area contributed by atoms with E-state index < -0.39 is 0 Å². The van der Waals surface area contributed by atoms with Crippen molar-refractivity contribution in [2.75, 3.05) is 5.32 Å². The van der Waals surface area contributed by atoms with E-state index in [1.807, 2.05) is 25.1 Å². The molecular weight excluding hydrogens is 298 g/mol. The first-order chi connectivity index (χ1) is 10.6. The average Bonchev–Trinajstić information content (AvgIpc) is 2.53. The quantitative estimate of drug-likeness (QED) is 0.653. The fraction of sp³-hybridized carbons (Fsp3) is 0.412. The van der Waals surface area contributed by atoms with Crippen molar-refractivity contribution < 1.29 is 4.79 Å². The Morgan fingerprint density at radius 1 is 1.36 bits per heavy atom. The maximum absolute atomic E-state index is 12.1. The van der Waals surface area contributed by atoms with Gasteiger partial charge >= 0.3 is 0 Å². The van der Waals surface area contributed by atoms with Crippen molar-refractivity contribution in [1.29, 1.82) is 5.26 Å². The molecule has 0 radical (unpaired) electrons. The summed E-state index contributed by atoms with van der Waals surface area (Å²) in [5, 5.41) is 15.8. The number of amides is 1. The number of nitriles is 1. The minimum absolute atomic E-state index is 0.0740. The first-order valence-corrected chi connectivity index (χ1v) is 7.92. The molecule has 116 valence electrons. The standard InChI is InChI=1S/C17H20ClN3O/c1-12-15(18)8-5-9-16(12)20-11-13(10-19)17(22)21-14-6-3-2-4-7-14/h5,8-9,11,14,20H,2-4,6-7H2,1H3,(H,21,22)/b13-11-. The highest BCUT2D eigenvalue weighted by molar-refractivity contribution is 6.31. The molecule has 1 aromatic carbocycles. The van der Waals surface area contributed by atoms with Crippen LogP contribution in [0.5, 0.6) is 0 Å². The number of benzene rings is 1. The van der Waals surface area contributed by atoms with Gasteiger partial charge in [0.25, 0.3) is 5.91 Å². The number of rotatable bonds is 4. The largest absolute Gasteiger partial charge is 0.360 e. The minimum Gasteiger partial charge on any atom is -0.360 e. The Hall–Kier alpha value is -1.99. The van der Waals surface area contributed by atoms with Crippen LogP contribution in [0.2, 0.25) is 5.02 Å². The van der Waals surface area contributed by atoms with Crippen LogP contribution in [-0.2, 0) is 4.79 Å². The molecule has 22 heavy (non-hydrogen) atoms. The molecule has 0 heterocycles. The lowest BCUT2D eigenvalue weighted by Crippen LogP contribution is -2.37. The zero-order valence-electron chi connectivity index (χ0n) is 12.7. The highest BCUT2D eigenvalue weighted by Gasteiger charge is 2.18. The molecule has 0 unspecified atom stereocenters. The molecule has 0 bridgehead atoms. The number of carbonyl (C=O) groups excluding carboxylic acids is 1. The Kier molecular flexibility index (Phi) is 5.85. The van der Waals surface area contributed by atoms with E-state index in [-0.39, 0.29) is 17.5 Å². The lowest BCUT2D eigenvalue weighted by molar-refractivity contribution is -0.118. The summed E-state index contributed by atoms with van der Waals surface area (Å²) in [4.78, 5) is 12.1. The van der Waals surface area contributed by atoms with E-state index in [0.29, 0.717) is 5.02 Å². The van der Waals surface area contributed by atoms with Crippen molar-refractivity contribution in [3.8, 4) is 6.07 Å². The number of carbonyl (C=O) groups is 1. The van der Waals surface area contributed by atoms with Crippen LogP contribution in [-0.4, -0.2) is 11.9 Å². The molecule has 2 rings (SSSR count). The number of nitrogens with one attached hydrogen (secondary N) is 2. The number of hydrogen-bond acceptors (Lipinski definition) is 3. The molecular formula is C17H20ClN3O. The van der Waals surface area contributed by atoms with Gasteiger partial charge in [-0.15, -0.1) is 0 Å². The smallest absolute Gasteiger partial charge is 0.263 e. The van der Waals surface area contributed by atoms with Crippen LogP contribution in [0, 0.1) is 18.3 Å². The van der Waals surface area contributed by atoms with Gasteiger partial charge in [-0.25, -0.2) is 0 Å². The second kappa shape index (κ2) is 7.86. The van der Waals surface area contributed by atoms with Gasteiger partial charge in [0.1, 0.15) is 11.6 Å². The molecule has 0 aromatic heterocycles. The van der Waals surface area contributed by atoms with E-state index in [1.165, 1.54) is 12.6 Å². The molecule has 1 aromatic rings. The third kappa shape index (κ3) is 4.25. The van der Waals surface area contributed by atoms with Gasteiger partial charge in [-0.1, -0.05) is 36.9 Å². The second-order valence-corrected chi connectivity index (χ2v) is 5.94. The summed E-state index contributed by atoms with van der Waals surface area (Å²) < 4.78 is 0. The summed E-state index contributed by atoms with van der Waals surface area (Å²) >= 11 is 6.05. The van der Waals surface area contributed by atoms with Crippen molar-refractivity contribution in [2.24, 2.45) is 0 Å². The first kappa shape index (κ1) is 16.4. The number of nitrogens with zero attached hydrogens (tertiary/aromatic N) is 1. The summed E-state index contributed by atoms with van der Waals surface area (Å²) in [5.74, 6) is -0.318. The van der Waals surface area contributed by atoms with Crippen LogP contribution in [0.15, 0.2) is 30.0 Å². The van der Waals surface area contributed by atoms with Crippen LogP contribution in [0.25, 0.3) is 0 Å². The molecule has 0 saturated heterocycles. The van der Waals surface area contributed by atoms with E-state index in [4.69, 9.17) is 11.6 Å². The van der Waals surface area contributed by atoms with E-state index in [0.717, 1.165) is 36.9 Å². The molecule has 1 fully saturated rings. The lowest BCUT2D eigenvalue weighted by atomic mass is 9.95. The summed E-state index contributed by atoms with van der Waals surface area (Å²) in [5.41, 5.74) is 1.74. The first-order valence-electron chi connectivity index (χ1n) is 7.54. The number of hydrogen-bond donors (Lipinski definition) is 2. The SMILES string of the molecule is Cc1c(Cl)cccc1N/C=C(/C#N)C(=O)NC1CCCCC1. The second-order valence-electron chi connectivity index (χ2n) is 5.53. The van der Waals surface area contributed by atoms with Crippen molar-refractivity contribution in [1.82, 2.24) is 5.32 Å². The van der Waals surface area contributed by atoms with Gasteiger partial charge in [0.05, 0.1) is 0 Å². The lowest BCUT2D eigenvalue weighted by Gasteiger charge is -2.22. The fourth-order valence-corrected chi connectivity index (χ4v) is 2.75. The Balaban J connectivity index is 2.02. The Labute approximate surface area is 136 Å². The molecule has 0 atom stereocenters. The molecule has 4 nitrogen and oxygen atoms in total. The van der Waals surface area contributed by atoms with Crippen LogP contribution in [0.3, 0.4) is 0 Å². The summed E-state index contributed by atoms with van der Waals surface area (Å²) in [7, 11) is 0. The molecule has 2 N–H and O–H groups in total. The average molecular weight is 318 g/mol. The van der Waals surface area contributed by atoms with Gasteiger partial charge in [0, 0.05) is 23.0 Å². The normalized spacial score (nSPS) is 16.0. The zero-order valence-corrected chi connectivity index (χ0v) is 13.4. The van der Waals surface area contributed by atoms with Crippen LogP contribution < -0.4 is 10.6 Å². The van der Waals surface area contributed by atoms with Crippen LogP contribution in [0.4, 0.5) is 5.69 Å². The third-order valence-electron chi connectivity index (χ3n) is 3.95. The summed E-state index contributed by atoms with van der Waals surface area (Å²) in [6.07, 6.45) is 6.92. The van der Waals surface area contributed by atoms with Crippen molar-refractivity contribution in [2.45, 2.75) is 45.1 Å². The highest BCUT2D eigenvalue weighted by atomic mass is 35.5. The van der Waals surface area contributed by atoms with Gasteiger partial charge in [-0.2, -0.15) is 5.26 Å². The minimum atomic E-state index is -0.318. The van der Waals surface area contributed by atoms with Crippen molar-refractivity contribution >= 4 is 23.2 Å². The molecule has 1 saturated carbocycles. The summed E-state index contributed by atoms with van der Waals surface area (Å²) in [6.45, 7) is 1.88. The number of anilines is 1. The molecule has 1 amide bonds. The van der Waals surface area contributed by atoms with Gasteiger partial charge < -0.3 is 10.6 Å². The van der Waals surface area contributed by atoms with E-state index >= 15 is 0 Å². The Bertz CT molecular complexity index is 613. The zero-order chi connectivity index (χ0) is 15.9. The predicted octanol–water partition coefficient (Wildman–Crippen LogP) is 3.92. The van der Waals surface area contributed by atoms with Crippen molar-refractivity contribution in [3.05, 3.63) is 40.6 Å².